The minimum atomic E-state index is -0.330. The third kappa shape index (κ3) is 5.27. The summed E-state index contributed by atoms with van der Waals surface area (Å²) in [5, 5.41) is 0.124. The van der Waals surface area contributed by atoms with Crippen molar-refractivity contribution in [2.75, 3.05) is 31.7 Å². The Morgan fingerprint density at radius 3 is 3.04 bits per heavy atom. The van der Waals surface area contributed by atoms with Crippen molar-refractivity contribution in [3.63, 3.8) is 0 Å². The van der Waals surface area contributed by atoms with Crippen LogP contribution in [0.4, 0.5) is 0 Å². The summed E-state index contributed by atoms with van der Waals surface area (Å²) in [5.41, 5.74) is 0.528. The Bertz CT molecular complexity index is 650. The second-order valence-corrected chi connectivity index (χ2v) is 7.58. The normalized spacial score (nSPS) is 17.6. The van der Waals surface area contributed by atoms with Crippen LogP contribution in [0.1, 0.15) is 19.0 Å². The number of rotatable bonds is 6. The smallest absolute Gasteiger partial charge is 0.320 e. The number of hydrogen-bond donors (Lipinski definition) is 1. The Morgan fingerprint density at radius 1 is 1.54 bits per heavy atom. The van der Waals surface area contributed by atoms with Crippen LogP contribution in [0.25, 0.3) is 0 Å². The Labute approximate surface area is 148 Å². The van der Waals surface area contributed by atoms with Crippen LogP contribution < -0.4 is 5.56 Å². The number of aryl methyl sites for hydroxylation is 1. The lowest BCUT2D eigenvalue weighted by Crippen LogP contribution is -2.45. The number of amides is 1. The Morgan fingerprint density at radius 2 is 2.33 bits per heavy atom. The highest BCUT2D eigenvalue weighted by molar-refractivity contribution is 8.00. The molecule has 7 nitrogen and oxygen atoms in total. The number of thioether (sulfide) groups is 2. The summed E-state index contributed by atoms with van der Waals surface area (Å²) in [6, 6.07) is 1.48. The van der Waals surface area contributed by atoms with E-state index in [-0.39, 0.29) is 28.4 Å². The molecule has 1 amide bonds. The van der Waals surface area contributed by atoms with Crippen molar-refractivity contribution in [1.29, 1.82) is 0 Å². The molecular weight excluding hydrogens is 350 g/mol. The molecule has 0 radical (unpaired) electrons. The first kappa shape index (κ1) is 18.9. The molecule has 1 aromatic heterocycles. The lowest BCUT2D eigenvalue weighted by molar-refractivity contribution is -0.141. The zero-order valence-corrected chi connectivity index (χ0v) is 15.4. The molecule has 2 rings (SSSR count). The van der Waals surface area contributed by atoms with Crippen molar-refractivity contribution in [1.82, 2.24) is 14.9 Å². The minimum absolute atomic E-state index is 0.0715. The molecule has 132 valence electrons. The Balaban J connectivity index is 1.93. The van der Waals surface area contributed by atoms with Gasteiger partial charge in [0.2, 0.25) is 5.91 Å². The number of H-pyrrole nitrogens is 1. The molecule has 1 N–H and O–H groups in total. The van der Waals surface area contributed by atoms with Gasteiger partial charge in [-0.25, -0.2) is 4.98 Å². The van der Waals surface area contributed by atoms with E-state index >= 15 is 0 Å². The molecule has 1 aromatic rings. The Kier molecular flexibility index (Phi) is 7.16. The van der Waals surface area contributed by atoms with E-state index in [2.05, 4.69) is 9.97 Å². The van der Waals surface area contributed by atoms with Gasteiger partial charge in [-0.1, -0.05) is 25.1 Å². The molecule has 1 saturated heterocycles. The summed E-state index contributed by atoms with van der Waals surface area (Å²) in [4.78, 5) is 44.3. The summed E-state index contributed by atoms with van der Waals surface area (Å²) in [5.74, 6) is 0.509. The van der Waals surface area contributed by atoms with Crippen LogP contribution in [0.2, 0.25) is 0 Å². The number of ether oxygens (including phenoxy) is 1. The molecule has 1 aliphatic heterocycles. The highest BCUT2D eigenvalue weighted by atomic mass is 32.2. The molecule has 0 spiro atoms. The monoisotopic (exact) mass is 371 g/mol. The molecule has 24 heavy (non-hydrogen) atoms. The SMILES string of the molecule is CCCc1cc(=O)[nH]c(SCC(=O)N2CCS[C@H](C(=O)OC)C2)n1. The quantitative estimate of drug-likeness (QED) is 0.452. The fourth-order valence-electron chi connectivity index (χ4n) is 2.31. The molecule has 0 unspecified atom stereocenters. The van der Waals surface area contributed by atoms with Gasteiger partial charge in [0.15, 0.2) is 5.16 Å². The van der Waals surface area contributed by atoms with E-state index in [1.165, 1.54) is 36.7 Å². The molecule has 9 heteroatoms. The van der Waals surface area contributed by atoms with E-state index in [9.17, 15) is 14.4 Å². The average Bonchev–Trinajstić information content (AvgIpc) is 2.59. The van der Waals surface area contributed by atoms with E-state index in [0.29, 0.717) is 24.0 Å². The fourth-order valence-corrected chi connectivity index (χ4v) is 4.23. The Hall–Kier alpha value is -1.48. The zero-order valence-electron chi connectivity index (χ0n) is 13.7. The standard InChI is InChI=1S/C15H21N3O4S2/c1-3-4-10-7-12(19)17-15(16-10)24-9-13(20)18-5-6-23-11(8-18)14(21)22-2/h7,11H,3-6,8-9H2,1-2H3,(H,16,17,19)/t11-/m0/s1. The van der Waals surface area contributed by atoms with Crippen LogP contribution >= 0.6 is 23.5 Å². The predicted octanol–water partition coefficient (Wildman–Crippen LogP) is 0.931. The number of nitrogens with zero attached hydrogens (tertiary/aromatic N) is 2. The summed E-state index contributed by atoms with van der Waals surface area (Å²) in [6.45, 7) is 2.99. The first-order valence-corrected chi connectivity index (χ1v) is 9.77. The van der Waals surface area contributed by atoms with Crippen molar-refractivity contribution in [2.45, 2.75) is 30.2 Å². The fraction of sp³-hybridized carbons (Fsp3) is 0.600. The predicted molar refractivity (Wildman–Crippen MR) is 94.4 cm³/mol. The van der Waals surface area contributed by atoms with Gasteiger partial charge < -0.3 is 14.6 Å². The van der Waals surface area contributed by atoms with Gasteiger partial charge in [-0.05, 0) is 6.42 Å². The second-order valence-electron chi connectivity index (χ2n) is 5.30. The molecule has 1 fully saturated rings. The maximum atomic E-state index is 12.3. The van der Waals surface area contributed by atoms with E-state index in [1.54, 1.807) is 4.90 Å². The molecule has 0 saturated carbocycles. The number of aromatic nitrogens is 2. The van der Waals surface area contributed by atoms with Gasteiger partial charge in [-0.2, -0.15) is 0 Å². The molecule has 1 aliphatic rings. The summed E-state index contributed by atoms with van der Waals surface area (Å²) in [7, 11) is 1.35. The van der Waals surface area contributed by atoms with E-state index < -0.39 is 0 Å². The van der Waals surface area contributed by atoms with Crippen LogP contribution in [0, 0.1) is 0 Å². The van der Waals surface area contributed by atoms with Crippen molar-refractivity contribution < 1.29 is 14.3 Å². The van der Waals surface area contributed by atoms with Gasteiger partial charge in [0.25, 0.3) is 5.56 Å². The van der Waals surface area contributed by atoms with Crippen LogP contribution in [0.15, 0.2) is 16.0 Å². The minimum Gasteiger partial charge on any atom is -0.468 e. The largest absolute Gasteiger partial charge is 0.468 e. The summed E-state index contributed by atoms with van der Waals surface area (Å²) >= 11 is 2.72. The highest BCUT2D eigenvalue weighted by Crippen LogP contribution is 2.21. The van der Waals surface area contributed by atoms with Gasteiger partial charge in [0, 0.05) is 30.6 Å². The first-order chi connectivity index (χ1) is 11.5. The van der Waals surface area contributed by atoms with Gasteiger partial charge in [0.05, 0.1) is 12.9 Å². The average molecular weight is 371 g/mol. The second kappa shape index (κ2) is 9.12. The number of nitrogens with one attached hydrogen (secondary N) is 1. The van der Waals surface area contributed by atoms with Crippen molar-refractivity contribution in [3.05, 3.63) is 22.1 Å². The highest BCUT2D eigenvalue weighted by Gasteiger charge is 2.29. The number of carbonyl (C=O) groups excluding carboxylic acids is 2. The van der Waals surface area contributed by atoms with Gasteiger partial charge >= 0.3 is 5.97 Å². The number of hydrogen-bond acceptors (Lipinski definition) is 7. The van der Waals surface area contributed by atoms with Gasteiger partial charge in [-0.15, -0.1) is 11.8 Å². The van der Waals surface area contributed by atoms with E-state index in [1.807, 2.05) is 6.92 Å². The van der Waals surface area contributed by atoms with E-state index in [4.69, 9.17) is 4.74 Å². The van der Waals surface area contributed by atoms with E-state index in [0.717, 1.165) is 18.5 Å². The molecule has 0 bridgehead atoms. The number of aromatic amines is 1. The number of carbonyl (C=O) groups is 2. The third-order valence-corrected chi connectivity index (χ3v) is 5.51. The van der Waals surface area contributed by atoms with Crippen LogP contribution in [-0.4, -0.2) is 63.7 Å². The summed E-state index contributed by atoms with van der Waals surface area (Å²) < 4.78 is 4.74. The summed E-state index contributed by atoms with van der Waals surface area (Å²) in [6.07, 6.45) is 1.63. The maximum absolute atomic E-state index is 12.3. The molecule has 0 aliphatic carbocycles. The third-order valence-electron chi connectivity index (χ3n) is 3.49. The van der Waals surface area contributed by atoms with Crippen LogP contribution in [0.5, 0.6) is 0 Å². The molecule has 2 heterocycles. The number of esters is 1. The molecule has 1 atom stereocenters. The van der Waals surface area contributed by atoms with Crippen molar-refractivity contribution in [2.24, 2.45) is 0 Å². The van der Waals surface area contributed by atoms with Crippen molar-refractivity contribution in [3.8, 4) is 0 Å². The molecular formula is C15H21N3O4S2. The van der Waals surface area contributed by atoms with Crippen LogP contribution in [0.3, 0.4) is 0 Å². The lowest BCUT2D eigenvalue weighted by atomic mass is 10.2. The van der Waals surface area contributed by atoms with Gasteiger partial charge in [-0.3, -0.25) is 14.4 Å². The van der Waals surface area contributed by atoms with Gasteiger partial charge in [0.1, 0.15) is 5.25 Å². The first-order valence-electron chi connectivity index (χ1n) is 7.73. The van der Waals surface area contributed by atoms with Crippen molar-refractivity contribution >= 4 is 35.4 Å². The number of methoxy groups -OCH3 is 1. The van der Waals surface area contributed by atoms with Crippen LogP contribution in [-0.2, 0) is 20.7 Å². The zero-order chi connectivity index (χ0) is 17.5. The lowest BCUT2D eigenvalue weighted by Gasteiger charge is -2.30. The topological polar surface area (TPSA) is 92.4 Å². The molecule has 0 aromatic carbocycles. The maximum Gasteiger partial charge on any atom is 0.320 e.